The molecule has 1 atom stereocenters. The van der Waals surface area contributed by atoms with E-state index >= 15 is 0 Å². The Kier molecular flexibility index (Phi) is 7.33. The van der Waals surface area contributed by atoms with Crippen LogP contribution in [-0.4, -0.2) is 6.04 Å². The lowest BCUT2D eigenvalue weighted by Gasteiger charge is -2.09. The normalized spacial score (nSPS) is 12.9. The van der Waals surface area contributed by atoms with Crippen LogP contribution in [0, 0.1) is 0 Å². The third-order valence-corrected chi connectivity index (χ3v) is 4.48. The highest BCUT2D eigenvalue weighted by atomic mass is 79.9. The maximum absolute atomic E-state index is 6.12. The van der Waals surface area contributed by atoms with Crippen molar-refractivity contribution in [1.29, 1.82) is 0 Å². The Hall–Kier alpha value is 0.140. The van der Waals surface area contributed by atoms with Gasteiger partial charge in [0.15, 0.2) is 0 Å². The van der Waals surface area contributed by atoms with Gasteiger partial charge in [0.1, 0.15) is 0 Å². The molecule has 0 saturated carbocycles. The highest BCUT2D eigenvalue weighted by Crippen LogP contribution is 2.21. The van der Waals surface area contributed by atoms with Crippen LogP contribution in [0.1, 0.15) is 50.3 Å². The summed E-state index contributed by atoms with van der Waals surface area (Å²) in [6, 6.07) is 2.52. The molecule has 92 valence electrons. The summed E-state index contributed by atoms with van der Waals surface area (Å²) in [5, 5.41) is 2.13. The second-order valence-corrected chi connectivity index (χ2v) is 6.31. The smallest absolute Gasteiger partial charge is 0.0285 e. The minimum Gasteiger partial charge on any atom is -0.327 e. The van der Waals surface area contributed by atoms with E-state index < -0.39 is 0 Å². The third-order valence-electron chi connectivity index (χ3n) is 2.76. The topological polar surface area (TPSA) is 26.0 Å². The Morgan fingerprint density at radius 2 is 2.06 bits per heavy atom. The maximum atomic E-state index is 6.12. The van der Waals surface area contributed by atoms with E-state index in [2.05, 4.69) is 34.3 Å². The second-order valence-electron chi connectivity index (χ2n) is 4.40. The van der Waals surface area contributed by atoms with E-state index in [-0.39, 0.29) is 0 Å². The second kappa shape index (κ2) is 8.26. The monoisotopic (exact) mass is 303 g/mol. The molecule has 1 nitrogen and oxygen atoms in total. The molecule has 0 aliphatic carbocycles. The fourth-order valence-corrected chi connectivity index (χ4v) is 3.38. The Balaban J connectivity index is 2.09. The van der Waals surface area contributed by atoms with E-state index in [0.717, 1.165) is 6.42 Å². The SMILES string of the molecule is CCCCCCCC(N)Cc1cc(Br)cs1. The zero-order chi connectivity index (χ0) is 11.8. The van der Waals surface area contributed by atoms with Crippen LogP contribution in [0.2, 0.25) is 0 Å². The first-order valence-corrected chi connectivity index (χ1v) is 7.88. The number of rotatable bonds is 8. The Morgan fingerprint density at radius 1 is 1.31 bits per heavy atom. The standard InChI is InChI=1S/C13H22BrNS/c1-2-3-4-5-6-7-12(15)9-13-8-11(14)10-16-13/h8,10,12H,2-7,9,15H2,1H3. The summed E-state index contributed by atoms with van der Waals surface area (Å²) in [7, 11) is 0. The van der Waals surface area contributed by atoms with Gasteiger partial charge in [-0.15, -0.1) is 11.3 Å². The number of nitrogens with two attached hydrogens (primary N) is 1. The predicted octanol–water partition coefficient (Wildman–Crippen LogP) is 4.74. The molecule has 0 bridgehead atoms. The first-order chi connectivity index (χ1) is 7.72. The van der Waals surface area contributed by atoms with Gasteiger partial charge in [-0.25, -0.2) is 0 Å². The van der Waals surface area contributed by atoms with Crippen LogP contribution in [0.15, 0.2) is 15.9 Å². The number of hydrogen-bond acceptors (Lipinski definition) is 2. The zero-order valence-electron chi connectivity index (χ0n) is 10.0. The molecule has 0 aliphatic heterocycles. The fraction of sp³-hybridized carbons (Fsp3) is 0.692. The highest BCUT2D eigenvalue weighted by Gasteiger charge is 2.05. The van der Waals surface area contributed by atoms with Gasteiger partial charge in [0, 0.05) is 20.8 Å². The minimum atomic E-state index is 0.340. The molecule has 0 saturated heterocycles. The molecule has 1 aromatic rings. The van der Waals surface area contributed by atoms with Gasteiger partial charge in [0.05, 0.1) is 0 Å². The number of thiophene rings is 1. The van der Waals surface area contributed by atoms with Gasteiger partial charge >= 0.3 is 0 Å². The van der Waals surface area contributed by atoms with Crippen LogP contribution in [0.3, 0.4) is 0 Å². The molecule has 3 heteroatoms. The van der Waals surface area contributed by atoms with Gasteiger partial charge in [-0.1, -0.05) is 39.0 Å². The van der Waals surface area contributed by atoms with Crippen molar-refractivity contribution in [3.63, 3.8) is 0 Å². The van der Waals surface area contributed by atoms with Gasteiger partial charge in [-0.05, 0) is 34.8 Å². The van der Waals surface area contributed by atoms with Crippen molar-refractivity contribution < 1.29 is 0 Å². The van der Waals surface area contributed by atoms with Crippen LogP contribution < -0.4 is 5.73 Å². The van der Waals surface area contributed by atoms with Gasteiger partial charge in [0.2, 0.25) is 0 Å². The quantitative estimate of drug-likeness (QED) is 0.690. The molecule has 0 aromatic carbocycles. The molecule has 1 unspecified atom stereocenters. The molecule has 0 aliphatic rings. The van der Waals surface area contributed by atoms with Crippen molar-refractivity contribution in [1.82, 2.24) is 0 Å². The van der Waals surface area contributed by atoms with E-state index in [4.69, 9.17) is 5.73 Å². The fourth-order valence-electron chi connectivity index (χ4n) is 1.83. The van der Waals surface area contributed by atoms with Crippen LogP contribution in [-0.2, 0) is 6.42 Å². The average molecular weight is 304 g/mol. The summed E-state index contributed by atoms with van der Waals surface area (Å²) < 4.78 is 1.18. The number of hydrogen-bond donors (Lipinski definition) is 1. The summed E-state index contributed by atoms with van der Waals surface area (Å²) in [5.74, 6) is 0. The van der Waals surface area contributed by atoms with Crippen molar-refractivity contribution in [3.05, 3.63) is 20.8 Å². The van der Waals surface area contributed by atoms with E-state index in [9.17, 15) is 0 Å². The van der Waals surface area contributed by atoms with Crippen molar-refractivity contribution in [2.45, 2.75) is 57.9 Å². The Labute approximate surface area is 112 Å². The number of halogens is 1. The zero-order valence-corrected chi connectivity index (χ0v) is 12.4. The minimum absolute atomic E-state index is 0.340. The molecular formula is C13H22BrNS. The van der Waals surface area contributed by atoms with Crippen LogP contribution in [0.5, 0.6) is 0 Å². The molecule has 2 N–H and O–H groups in total. The van der Waals surface area contributed by atoms with Gasteiger partial charge in [-0.2, -0.15) is 0 Å². The van der Waals surface area contributed by atoms with Gasteiger partial charge < -0.3 is 5.73 Å². The van der Waals surface area contributed by atoms with Crippen molar-refractivity contribution in [3.8, 4) is 0 Å². The van der Waals surface area contributed by atoms with Gasteiger partial charge in [-0.3, -0.25) is 0 Å². The summed E-state index contributed by atoms with van der Waals surface area (Å²) in [4.78, 5) is 1.40. The van der Waals surface area contributed by atoms with Crippen molar-refractivity contribution in [2.75, 3.05) is 0 Å². The number of unbranched alkanes of at least 4 members (excludes halogenated alkanes) is 4. The molecular weight excluding hydrogens is 282 g/mol. The van der Waals surface area contributed by atoms with E-state index in [1.807, 2.05) is 0 Å². The average Bonchev–Trinajstić information content (AvgIpc) is 2.63. The summed E-state index contributed by atoms with van der Waals surface area (Å²) in [6.07, 6.45) is 8.88. The first kappa shape index (κ1) is 14.2. The van der Waals surface area contributed by atoms with Crippen LogP contribution >= 0.6 is 27.3 Å². The van der Waals surface area contributed by atoms with E-state index in [0.29, 0.717) is 6.04 Å². The van der Waals surface area contributed by atoms with Gasteiger partial charge in [0.25, 0.3) is 0 Å². The van der Waals surface area contributed by atoms with E-state index in [1.165, 1.54) is 47.9 Å². The molecule has 0 radical (unpaired) electrons. The summed E-state index contributed by atoms with van der Waals surface area (Å²) in [6.45, 7) is 2.25. The molecule has 1 aromatic heterocycles. The Morgan fingerprint density at radius 3 is 2.69 bits per heavy atom. The predicted molar refractivity (Wildman–Crippen MR) is 77.1 cm³/mol. The third kappa shape index (κ3) is 6.02. The Bertz CT molecular complexity index is 285. The van der Waals surface area contributed by atoms with Crippen molar-refractivity contribution in [2.24, 2.45) is 5.73 Å². The molecule has 1 rings (SSSR count). The molecule has 0 spiro atoms. The van der Waals surface area contributed by atoms with Crippen LogP contribution in [0.4, 0.5) is 0 Å². The summed E-state index contributed by atoms with van der Waals surface area (Å²) >= 11 is 5.27. The largest absolute Gasteiger partial charge is 0.327 e. The molecule has 0 fully saturated rings. The van der Waals surface area contributed by atoms with E-state index in [1.54, 1.807) is 11.3 Å². The van der Waals surface area contributed by atoms with Crippen LogP contribution in [0.25, 0.3) is 0 Å². The molecule has 1 heterocycles. The molecule has 0 amide bonds. The van der Waals surface area contributed by atoms with Crippen molar-refractivity contribution >= 4 is 27.3 Å². The maximum Gasteiger partial charge on any atom is 0.0285 e. The lowest BCUT2D eigenvalue weighted by molar-refractivity contribution is 0.540. The highest BCUT2D eigenvalue weighted by molar-refractivity contribution is 9.10. The lowest BCUT2D eigenvalue weighted by atomic mass is 10.0. The first-order valence-electron chi connectivity index (χ1n) is 6.21. The molecule has 16 heavy (non-hydrogen) atoms. The summed E-state index contributed by atoms with van der Waals surface area (Å²) in [5.41, 5.74) is 6.12. The lowest BCUT2D eigenvalue weighted by Crippen LogP contribution is -2.22.